The Labute approximate surface area is 120 Å². The maximum absolute atomic E-state index is 5.39. The van der Waals surface area contributed by atoms with Gasteiger partial charge in [-0.25, -0.2) is 4.98 Å². The van der Waals surface area contributed by atoms with Gasteiger partial charge in [-0.05, 0) is 26.0 Å². The van der Waals surface area contributed by atoms with Gasteiger partial charge >= 0.3 is 0 Å². The highest BCUT2D eigenvalue weighted by Crippen LogP contribution is 2.20. The Hall–Kier alpha value is -1.33. The molecular weight excluding hydrogens is 252 g/mol. The molecule has 2 aliphatic heterocycles. The standard InChI is InChI=1S/C15H24N4O/c1-18-6-8-19(9-7-18)14-2-5-16-15(12-14)17-13-3-10-20-11-4-13/h2,5,12-13H,3-4,6-11H2,1H3,(H,16,17). The van der Waals surface area contributed by atoms with Crippen molar-refractivity contribution in [2.24, 2.45) is 0 Å². The summed E-state index contributed by atoms with van der Waals surface area (Å²) in [5, 5.41) is 3.54. The predicted molar refractivity (Wildman–Crippen MR) is 81.4 cm³/mol. The van der Waals surface area contributed by atoms with Gasteiger partial charge in [-0.1, -0.05) is 0 Å². The largest absolute Gasteiger partial charge is 0.381 e. The molecule has 0 aliphatic carbocycles. The molecule has 3 rings (SSSR count). The third-order valence-corrected chi connectivity index (χ3v) is 4.19. The zero-order valence-corrected chi connectivity index (χ0v) is 12.2. The van der Waals surface area contributed by atoms with Crippen LogP contribution < -0.4 is 10.2 Å². The normalized spacial score (nSPS) is 21.9. The highest BCUT2D eigenvalue weighted by Gasteiger charge is 2.16. The Morgan fingerprint density at radius 2 is 1.95 bits per heavy atom. The number of nitrogens with zero attached hydrogens (tertiary/aromatic N) is 3. The number of aromatic nitrogens is 1. The summed E-state index contributed by atoms with van der Waals surface area (Å²) in [5.74, 6) is 0.994. The summed E-state index contributed by atoms with van der Waals surface area (Å²) in [6, 6.07) is 4.79. The van der Waals surface area contributed by atoms with Crippen molar-refractivity contribution < 1.29 is 4.74 Å². The molecule has 1 N–H and O–H groups in total. The fourth-order valence-electron chi connectivity index (χ4n) is 2.81. The average Bonchev–Trinajstić information content (AvgIpc) is 2.49. The minimum absolute atomic E-state index is 0.499. The number of ether oxygens (including phenoxy) is 1. The van der Waals surface area contributed by atoms with Crippen LogP contribution >= 0.6 is 0 Å². The van der Waals surface area contributed by atoms with E-state index in [0.717, 1.165) is 58.1 Å². The lowest BCUT2D eigenvalue weighted by Crippen LogP contribution is -2.44. The molecule has 0 amide bonds. The van der Waals surface area contributed by atoms with Crippen molar-refractivity contribution in [3.8, 4) is 0 Å². The minimum Gasteiger partial charge on any atom is -0.381 e. The summed E-state index contributed by atoms with van der Waals surface area (Å²) in [6.45, 7) is 6.16. The maximum atomic E-state index is 5.39. The van der Waals surface area contributed by atoms with Crippen molar-refractivity contribution in [1.29, 1.82) is 0 Å². The number of likely N-dealkylation sites (N-methyl/N-ethyl adjacent to an activating group) is 1. The molecule has 2 aliphatic rings. The van der Waals surface area contributed by atoms with Crippen LogP contribution in [0, 0.1) is 0 Å². The van der Waals surface area contributed by atoms with Crippen LogP contribution in [0.1, 0.15) is 12.8 Å². The second-order valence-corrected chi connectivity index (χ2v) is 5.72. The van der Waals surface area contributed by atoms with E-state index in [1.165, 1.54) is 5.69 Å². The third kappa shape index (κ3) is 3.41. The first-order chi connectivity index (χ1) is 9.81. The molecule has 0 spiro atoms. The quantitative estimate of drug-likeness (QED) is 0.904. The molecule has 5 nitrogen and oxygen atoms in total. The molecule has 2 saturated heterocycles. The summed E-state index contributed by atoms with van der Waals surface area (Å²) in [6.07, 6.45) is 4.05. The molecule has 1 aromatic heterocycles. The monoisotopic (exact) mass is 276 g/mol. The highest BCUT2D eigenvalue weighted by atomic mass is 16.5. The highest BCUT2D eigenvalue weighted by molar-refractivity contribution is 5.54. The van der Waals surface area contributed by atoms with E-state index in [4.69, 9.17) is 4.74 Å². The molecule has 3 heterocycles. The molecule has 2 fully saturated rings. The molecular formula is C15H24N4O. The van der Waals surface area contributed by atoms with Gasteiger partial charge in [0.15, 0.2) is 0 Å². The number of hydrogen-bond donors (Lipinski definition) is 1. The zero-order valence-electron chi connectivity index (χ0n) is 12.2. The summed E-state index contributed by atoms with van der Waals surface area (Å²) < 4.78 is 5.39. The van der Waals surface area contributed by atoms with Gasteiger partial charge in [0.05, 0.1) is 0 Å². The van der Waals surface area contributed by atoms with Crippen LogP contribution in [0.15, 0.2) is 18.3 Å². The number of rotatable bonds is 3. The van der Waals surface area contributed by atoms with Crippen LogP contribution in [0.5, 0.6) is 0 Å². The molecule has 0 radical (unpaired) electrons. The number of hydrogen-bond acceptors (Lipinski definition) is 5. The molecule has 20 heavy (non-hydrogen) atoms. The molecule has 0 saturated carbocycles. The van der Waals surface area contributed by atoms with E-state index in [0.29, 0.717) is 6.04 Å². The first-order valence-corrected chi connectivity index (χ1v) is 7.55. The lowest BCUT2D eigenvalue weighted by molar-refractivity contribution is 0.0904. The van der Waals surface area contributed by atoms with Crippen molar-refractivity contribution >= 4 is 11.5 Å². The average molecular weight is 276 g/mol. The first kappa shape index (κ1) is 13.6. The predicted octanol–water partition coefficient (Wildman–Crippen LogP) is 1.42. The van der Waals surface area contributed by atoms with Crippen LogP contribution in [0.4, 0.5) is 11.5 Å². The summed E-state index contributed by atoms with van der Waals surface area (Å²) >= 11 is 0. The second kappa shape index (κ2) is 6.41. The number of pyridine rings is 1. The lowest BCUT2D eigenvalue weighted by Gasteiger charge is -2.34. The Kier molecular flexibility index (Phi) is 4.38. The smallest absolute Gasteiger partial charge is 0.128 e. The Balaban J connectivity index is 1.63. The fraction of sp³-hybridized carbons (Fsp3) is 0.667. The maximum Gasteiger partial charge on any atom is 0.128 e. The van der Waals surface area contributed by atoms with Crippen molar-refractivity contribution in [3.63, 3.8) is 0 Å². The summed E-state index contributed by atoms with van der Waals surface area (Å²) in [5.41, 5.74) is 1.28. The van der Waals surface area contributed by atoms with Crippen molar-refractivity contribution in [1.82, 2.24) is 9.88 Å². The summed E-state index contributed by atoms with van der Waals surface area (Å²) in [7, 11) is 2.18. The first-order valence-electron chi connectivity index (χ1n) is 7.55. The summed E-state index contributed by atoms with van der Waals surface area (Å²) in [4.78, 5) is 9.27. The van der Waals surface area contributed by atoms with Crippen LogP contribution in [0.3, 0.4) is 0 Å². The van der Waals surface area contributed by atoms with E-state index in [-0.39, 0.29) is 0 Å². The van der Waals surface area contributed by atoms with Crippen LogP contribution in [0.25, 0.3) is 0 Å². The Morgan fingerprint density at radius 1 is 1.20 bits per heavy atom. The van der Waals surface area contributed by atoms with E-state index in [2.05, 4.69) is 39.3 Å². The van der Waals surface area contributed by atoms with Crippen LogP contribution in [-0.2, 0) is 4.74 Å². The molecule has 110 valence electrons. The second-order valence-electron chi connectivity index (χ2n) is 5.72. The number of piperazine rings is 1. The molecule has 0 aromatic carbocycles. The van der Waals surface area contributed by atoms with Crippen LogP contribution in [-0.4, -0.2) is 62.4 Å². The molecule has 0 unspecified atom stereocenters. The molecule has 1 aromatic rings. The van der Waals surface area contributed by atoms with Gasteiger partial charge < -0.3 is 19.9 Å². The fourth-order valence-corrected chi connectivity index (χ4v) is 2.81. The van der Waals surface area contributed by atoms with E-state index >= 15 is 0 Å². The lowest BCUT2D eigenvalue weighted by atomic mass is 10.1. The van der Waals surface area contributed by atoms with Gasteiger partial charge in [0.25, 0.3) is 0 Å². The van der Waals surface area contributed by atoms with Crippen molar-refractivity contribution in [2.75, 3.05) is 56.7 Å². The van der Waals surface area contributed by atoms with Crippen molar-refractivity contribution in [3.05, 3.63) is 18.3 Å². The Morgan fingerprint density at radius 3 is 2.70 bits per heavy atom. The van der Waals surface area contributed by atoms with E-state index < -0.39 is 0 Å². The van der Waals surface area contributed by atoms with Gasteiger partial charge in [0, 0.05) is 63.4 Å². The third-order valence-electron chi connectivity index (χ3n) is 4.19. The van der Waals surface area contributed by atoms with Crippen LogP contribution in [0.2, 0.25) is 0 Å². The number of nitrogens with one attached hydrogen (secondary N) is 1. The molecule has 0 atom stereocenters. The minimum atomic E-state index is 0.499. The van der Waals surface area contributed by atoms with Gasteiger partial charge in [-0.2, -0.15) is 0 Å². The van der Waals surface area contributed by atoms with Gasteiger partial charge in [0.1, 0.15) is 5.82 Å². The topological polar surface area (TPSA) is 40.6 Å². The SMILES string of the molecule is CN1CCN(c2ccnc(NC3CCOCC3)c2)CC1. The van der Waals surface area contributed by atoms with E-state index in [9.17, 15) is 0 Å². The van der Waals surface area contributed by atoms with Gasteiger partial charge in [0.2, 0.25) is 0 Å². The zero-order chi connectivity index (χ0) is 13.8. The number of anilines is 2. The Bertz CT molecular complexity index is 426. The van der Waals surface area contributed by atoms with E-state index in [1.54, 1.807) is 0 Å². The molecule has 0 bridgehead atoms. The van der Waals surface area contributed by atoms with Crippen molar-refractivity contribution in [2.45, 2.75) is 18.9 Å². The van der Waals surface area contributed by atoms with Gasteiger partial charge in [-0.3, -0.25) is 0 Å². The van der Waals surface area contributed by atoms with E-state index in [1.807, 2.05) is 6.20 Å². The van der Waals surface area contributed by atoms with Gasteiger partial charge in [-0.15, -0.1) is 0 Å². The molecule has 5 heteroatoms.